The van der Waals surface area contributed by atoms with Gasteiger partial charge in [-0.3, -0.25) is 9.69 Å². The summed E-state index contributed by atoms with van der Waals surface area (Å²) in [4.78, 5) is 13.3. The first kappa shape index (κ1) is 18.7. The molecule has 1 saturated carbocycles. The Hall–Kier alpha value is -2.64. The van der Waals surface area contributed by atoms with Crippen molar-refractivity contribution in [1.29, 1.82) is 0 Å². The molecule has 1 aliphatic heterocycles. The fourth-order valence-electron chi connectivity index (χ4n) is 4.06. The quantitative estimate of drug-likeness (QED) is 0.819. The summed E-state index contributed by atoms with van der Waals surface area (Å²) >= 11 is 0. The van der Waals surface area contributed by atoms with Gasteiger partial charge in [-0.25, -0.2) is 4.39 Å². The molecule has 28 heavy (non-hydrogen) atoms. The SMILES string of the molecule is CC1(C)CN(C2CC2)Cc2ccc(C#Cc3ccc(CC(=O)O)c(F)c3)cc21. The number of benzene rings is 2. The highest BCUT2D eigenvalue weighted by Crippen LogP contribution is 2.39. The van der Waals surface area contributed by atoms with Gasteiger partial charge in [-0.1, -0.05) is 37.8 Å². The van der Waals surface area contributed by atoms with Gasteiger partial charge in [0.15, 0.2) is 0 Å². The number of hydrogen-bond donors (Lipinski definition) is 1. The number of carbonyl (C=O) groups is 1. The Morgan fingerprint density at radius 1 is 1.18 bits per heavy atom. The number of halogens is 1. The normalized spacial score (nSPS) is 18.1. The number of hydrogen-bond acceptors (Lipinski definition) is 2. The van der Waals surface area contributed by atoms with Gasteiger partial charge >= 0.3 is 5.97 Å². The van der Waals surface area contributed by atoms with E-state index in [9.17, 15) is 9.18 Å². The van der Waals surface area contributed by atoms with Gasteiger partial charge in [0.25, 0.3) is 0 Å². The monoisotopic (exact) mass is 377 g/mol. The molecule has 2 aromatic carbocycles. The molecule has 1 heterocycles. The van der Waals surface area contributed by atoms with Crippen LogP contribution < -0.4 is 0 Å². The fourth-order valence-corrected chi connectivity index (χ4v) is 4.06. The molecule has 0 bridgehead atoms. The molecule has 0 saturated heterocycles. The lowest BCUT2D eigenvalue weighted by molar-refractivity contribution is -0.136. The van der Waals surface area contributed by atoms with Crippen molar-refractivity contribution >= 4 is 5.97 Å². The van der Waals surface area contributed by atoms with Gasteiger partial charge in [-0.15, -0.1) is 0 Å². The van der Waals surface area contributed by atoms with Gasteiger partial charge in [-0.05, 0) is 53.8 Å². The van der Waals surface area contributed by atoms with Crippen molar-refractivity contribution in [1.82, 2.24) is 4.90 Å². The van der Waals surface area contributed by atoms with Crippen molar-refractivity contribution in [2.75, 3.05) is 6.54 Å². The molecule has 0 unspecified atom stereocenters. The van der Waals surface area contributed by atoms with Crippen LogP contribution in [0.4, 0.5) is 4.39 Å². The fraction of sp³-hybridized carbons (Fsp3) is 0.375. The summed E-state index contributed by atoms with van der Waals surface area (Å²) in [6.07, 6.45) is 2.31. The second kappa shape index (κ2) is 7.07. The predicted octanol–water partition coefficient (Wildman–Crippen LogP) is 4.11. The van der Waals surface area contributed by atoms with E-state index in [1.54, 1.807) is 6.07 Å². The van der Waals surface area contributed by atoms with Crippen molar-refractivity contribution in [3.05, 3.63) is 70.0 Å². The van der Waals surface area contributed by atoms with Gasteiger partial charge in [0.2, 0.25) is 0 Å². The number of aliphatic carboxylic acids is 1. The molecule has 0 amide bonds. The summed E-state index contributed by atoms with van der Waals surface area (Å²) < 4.78 is 14.0. The minimum absolute atomic E-state index is 0.0818. The summed E-state index contributed by atoms with van der Waals surface area (Å²) in [6, 6.07) is 11.6. The van der Waals surface area contributed by atoms with E-state index in [1.807, 2.05) is 6.07 Å². The molecule has 0 spiro atoms. The molecule has 1 N–H and O–H groups in total. The second-order valence-corrected chi connectivity index (χ2v) is 8.52. The van der Waals surface area contributed by atoms with Gasteiger partial charge in [0.05, 0.1) is 6.42 Å². The topological polar surface area (TPSA) is 40.5 Å². The summed E-state index contributed by atoms with van der Waals surface area (Å²) in [5, 5.41) is 8.80. The highest BCUT2D eigenvalue weighted by atomic mass is 19.1. The maximum absolute atomic E-state index is 14.0. The summed E-state index contributed by atoms with van der Waals surface area (Å²) in [6.45, 7) is 6.65. The first-order valence-electron chi connectivity index (χ1n) is 9.71. The van der Waals surface area contributed by atoms with Crippen LogP contribution >= 0.6 is 0 Å². The summed E-state index contributed by atoms with van der Waals surface area (Å²) in [5.74, 6) is 4.57. The Kier molecular flexibility index (Phi) is 4.72. The van der Waals surface area contributed by atoms with Crippen LogP contribution in [0.25, 0.3) is 0 Å². The molecule has 1 aliphatic carbocycles. The maximum atomic E-state index is 14.0. The number of rotatable bonds is 3. The second-order valence-electron chi connectivity index (χ2n) is 8.52. The molecular weight excluding hydrogens is 353 g/mol. The van der Waals surface area contributed by atoms with Crippen molar-refractivity contribution in [2.45, 2.75) is 51.1 Å². The molecule has 0 atom stereocenters. The van der Waals surface area contributed by atoms with E-state index in [2.05, 4.69) is 42.7 Å². The number of fused-ring (bicyclic) bond motifs is 1. The molecule has 0 radical (unpaired) electrons. The molecule has 2 aliphatic rings. The van der Waals surface area contributed by atoms with Crippen LogP contribution in [0.15, 0.2) is 36.4 Å². The van der Waals surface area contributed by atoms with E-state index in [4.69, 9.17) is 5.11 Å². The Morgan fingerprint density at radius 2 is 1.86 bits per heavy atom. The Bertz CT molecular complexity index is 995. The zero-order chi connectivity index (χ0) is 19.9. The lowest BCUT2D eigenvalue weighted by Crippen LogP contribution is -2.43. The molecule has 3 nitrogen and oxygen atoms in total. The summed E-state index contributed by atoms with van der Waals surface area (Å²) in [5.41, 5.74) is 4.44. The average molecular weight is 377 g/mol. The van der Waals surface area contributed by atoms with Crippen molar-refractivity contribution in [2.24, 2.45) is 0 Å². The zero-order valence-electron chi connectivity index (χ0n) is 16.3. The third-order valence-corrected chi connectivity index (χ3v) is 5.62. The van der Waals surface area contributed by atoms with E-state index in [-0.39, 0.29) is 17.4 Å². The smallest absolute Gasteiger partial charge is 0.307 e. The standard InChI is InChI=1S/C24H24FNO2/c1-24(2)15-26(20-9-10-20)14-19-8-6-16(11-21(19)24)3-4-17-5-7-18(13-23(27)28)22(25)12-17/h5-8,11-12,20H,9-10,13-15H2,1-2H3,(H,27,28). The van der Waals surface area contributed by atoms with Crippen molar-refractivity contribution < 1.29 is 14.3 Å². The molecule has 4 rings (SSSR count). The highest BCUT2D eigenvalue weighted by molar-refractivity contribution is 5.70. The Balaban J connectivity index is 1.57. The molecule has 144 valence electrons. The van der Waals surface area contributed by atoms with Crippen LogP contribution in [0, 0.1) is 17.7 Å². The zero-order valence-corrected chi connectivity index (χ0v) is 16.3. The lowest BCUT2D eigenvalue weighted by Gasteiger charge is -2.40. The Labute approximate surface area is 165 Å². The Morgan fingerprint density at radius 3 is 2.50 bits per heavy atom. The molecular formula is C24H24FNO2. The van der Waals surface area contributed by atoms with E-state index < -0.39 is 11.8 Å². The predicted molar refractivity (Wildman–Crippen MR) is 107 cm³/mol. The first-order valence-corrected chi connectivity index (χ1v) is 9.71. The van der Waals surface area contributed by atoms with Gasteiger partial charge in [-0.2, -0.15) is 0 Å². The highest BCUT2D eigenvalue weighted by Gasteiger charge is 2.38. The third-order valence-electron chi connectivity index (χ3n) is 5.62. The van der Waals surface area contributed by atoms with E-state index in [0.29, 0.717) is 5.56 Å². The lowest BCUT2D eigenvalue weighted by atomic mass is 9.77. The van der Waals surface area contributed by atoms with E-state index in [1.165, 1.54) is 36.1 Å². The minimum atomic E-state index is -1.05. The maximum Gasteiger partial charge on any atom is 0.307 e. The number of carboxylic acids is 1. The van der Waals surface area contributed by atoms with Crippen LogP contribution in [-0.2, 0) is 23.2 Å². The molecule has 1 fully saturated rings. The van der Waals surface area contributed by atoms with Crippen molar-refractivity contribution in [3.8, 4) is 11.8 Å². The van der Waals surface area contributed by atoms with Crippen LogP contribution in [0.1, 0.15) is 54.5 Å². The van der Waals surface area contributed by atoms with Crippen molar-refractivity contribution in [3.63, 3.8) is 0 Å². The van der Waals surface area contributed by atoms with E-state index >= 15 is 0 Å². The molecule has 0 aromatic heterocycles. The largest absolute Gasteiger partial charge is 0.481 e. The van der Waals surface area contributed by atoms with Gasteiger partial charge < -0.3 is 5.11 Å². The van der Waals surface area contributed by atoms with Crippen LogP contribution in [0.2, 0.25) is 0 Å². The minimum Gasteiger partial charge on any atom is -0.481 e. The summed E-state index contributed by atoms with van der Waals surface area (Å²) in [7, 11) is 0. The van der Waals surface area contributed by atoms with Crippen LogP contribution in [-0.4, -0.2) is 28.6 Å². The number of nitrogens with zero attached hydrogens (tertiary/aromatic N) is 1. The van der Waals surface area contributed by atoms with E-state index in [0.717, 1.165) is 24.7 Å². The van der Waals surface area contributed by atoms with Crippen LogP contribution in [0.5, 0.6) is 0 Å². The van der Waals surface area contributed by atoms with Crippen LogP contribution in [0.3, 0.4) is 0 Å². The first-order chi connectivity index (χ1) is 13.3. The van der Waals surface area contributed by atoms with Gasteiger partial charge in [0.1, 0.15) is 5.82 Å². The third kappa shape index (κ3) is 3.95. The molecule has 2 aromatic rings. The number of carboxylic acid groups (broad SMARTS) is 1. The average Bonchev–Trinajstić information content (AvgIpc) is 3.46. The molecule has 4 heteroatoms. The van der Waals surface area contributed by atoms with Gasteiger partial charge in [0, 0.05) is 35.7 Å².